The molecule has 0 amide bonds. The topological polar surface area (TPSA) is 37.3 Å². The highest BCUT2D eigenvalue weighted by atomic mass is 16.3. The molecule has 2 nitrogen and oxygen atoms in total. The van der Waals surface area contributed by atoms with Gasteiger partial charge in [-0.2, -0.15) is 0 Å². The molecule has 4 saturated carbocycles. The Hall–Kier alpha value is -0.370. The van der Waals surface area contributed by atoms with Crippen molar-refractivity contribution in [3.63, 3.8) is 0 Å². The maximum atomic E-state index is 12.5. The lowest BCUT2D eigenvalue weighted by Crippen LogP contribution is -2.56. The van der Waals surface area contributed by atoms with Crippen molar-refractivity contribution < 1.29 is 9.90 Å². The first-order valence-electron chi connectivity index (χ1n) is 10.1. The third-order valence-electron chi connectivity index (χ3n) is 9.11. The van der Waals surface area contributed by atoms with Crippen LogP contribution in [0.3, 0.4) is 0 Å². The van der Waals surface area contributed by atoms with Gasteiger partial charge < -0.3 is 5.11 Å². The summed E-state index contributed by atoms with van der Waals surface area (Å²) in [6.45, 7) is 7.08. The van der Waals surface area contributed by atoms with Gasteiger partial charge in [-0.3, -0.25) is 4.79 Å². The summed E-state index contributed by atoms with van der Waals surface area (Å²) in [5.41, 5.74) is 0.415. The number of Topliss-reactive ketones (excluding diaryl/α,β-unsaturated/α-hetero) is 1. The van der Waals surface area contributed by atoms with Crippen LogP contribution >= 0.6 is 0 Å². The zero-order chi connectivity index (χ0) is 16.4. The highest BCUT2D eigenvalue weighted by Gasteiger charge is 2.61. The Morgan fingerprint density at radius 2 is 1.78 bits per heavy atom. The Kier molecular flexibility index (Phi) is 3.72. The minimum atomic E-state index is -0.0726. The first-order chi connectivity index (χ1) is 10.9. The van der Waals surface area contributed by atoms with Gasteiger partial charge in [-0.25, -0.2) is 0 Å². The zero-order valence-corrected chi connectivity index (χ0v) is 15.2. The van der Waals surface area contributed by atoms with E-state index in [2.05, 4.69) is 20.8 Å². The van der Waals surface area contributed by atoms with Crippen molar-refractivity contribution in [2.75, 3.05) is 0 Å². The number of carbonyl (C=O) groups excluding carboxylic acids is 1. The number of fused-ring (bicyclic) bond motifs is 5. The van der Waals surface area contributed by atoms with Gasteiger partial charge in [0.05, 0.1) is 6.10 Å². The van der Waals surface area contributed by atoms with Crippen molar-refractivity contribution in [2.45, 2.75) is 84.7 Å². The molecule has 1 N–H and O–H groups in total. The highest BCUT2D eigenvalue weighted by molar-refractivity contribution is 5.87. The smallest absolute Gasteiger partial charge is 0.139 e. The number of rotatable bonds is 1. The average Bonchev–Trinajstić information content (AvgIpc) is 2.83. The van der Waals surface area contributed by atoms with E-state index in [-0.39, 0.29) is 11.5 Å². The largest absolute Gasteiger partial charge is 0.393 e. The Balaban J connectivity index is 1.65. The normalized spacial score (nSPS) is 55.9. The van der Waals surface area contributed by atoms with Crippen LogP contribution in [0.25, 0.3) is 0 Å². The fourth-order valence-corrected chi connectivity index (χ4v) is 7.83. The fourth-order valence-electron chi connectivity index (χ4n) is 7.83. The number of ketones is 1. The van der Waals surface area contributed by atoms with Gasteiger partial charge in [0.25, 0.3) is 0 Å². The molecule has 0 spiro atoms. The maximum absolute atomic E-state index is 12.5. The van der Waals surface area contributed by atoms with Gasteiger partial charge in [0, 0.05) is 11.8 Å². The van der Waals surface area contributed by atoms with Crippen LogP contribution in [0.4, 0.5) is 0 Å². The molecule has 0 aromatic rings. The average molecular weight is 319 g/mol. The molecule has 4 fully saturated rings. The molecule has 0 radical (unpaired) electrons. The maximum Gasteiger partial charge on any atom is 0.139 e. The Morgan fingerprint density at radius 3 is 2.52 bits per heavy atom. The van der Waals surface area contributed by atoms with Crippen molar-refractivity contribution in [2.24, 2.45) is 40.4 Å². The van der Waals surface area contributed by atoms with Gasteiger partial charge in [0.1, 0.15) is 5.78 Å². The molecule has 0 aliphatic heterocycles. The first kappa shape index (κ1) is 16.1. The molecular weight excluding hydrogens is 284 g/mol. The van der Waals surface area contributed by atoms with Crippen molar-refractivity contribution in [3.05, 3.63) is 0 Å². The Labute approximate surface area is 141 Å². The molecule has 2 heteroatoms. The molecule has 0 aromatic heterocycles. The lowest BCUT2D eigenvalue weighted by atomic mass is 9.43. The number of aliphatic hydroxyl groups excluding tert-OH is 1. The van der Waals surface area contributed by atoms with E-state index >= 15 is 0 Å². The first-order valence-corrected chi connectivity index (χ1v) is 10.1. The van der Waals surface area contributed by atoms with Crippen molar-refractivity contribution in [1.82, 2.24) is 0 Å². The standard InChI is InChI=1S/C21H34O2/c1-4-13-15-6-5-14-16-7-8-19(23)21(16,3)11-9-17(14)20(15,2)12-10-18(13)22/h13-18,22H,4-12H2,1-3H3/t13-,14+,15+,16+,17+,18-,20+,21+/m1/s1. The molecule has 0 bridgehead atoms. The predicted octanol–water partition coefficient (Wildman–Crippen LogP) is 4.60. The molecule has 4 aliphatic carbocycles. The molecule has 4 rings (SSSR count). The Morgan fingerprint density at radius 1 is 1.00 bits per heavy atom. The monoisotopic (exact) mass is 318 g/mol. The van der Waals surface area contributed by atoms with Crippen molar-refractivity contribution in [1.29, 1.82) is 0 Å². The molecule has 130 valence electrons. The second-order valence-corrected chi connectivity index (χ2v) is 9.66. The van der Waals surface area contributed by atoms with Crippen molar-refractivity contribution >= 4 is 5.78 Å². The van der Waals surface area contributed by atoms with Gasteiger partial charge >= 0.3 is 0 Å². The third-order valence-corrected chi connectivity index (χ3v) is 9.11. The lowest BCUT2D eigenvalue weighted by molar-refractivity contribution is -0.154. The molecule has 0 unspecified atom stereocenters. The van der Waals surface area contributed by atoms with Crippen LogP contribution in [0, 0.1) is 40.4 Å². The van der Waals surface area contributed by atoms with E-state index in [1.54, 1.807) is 0 Å². The fraction of sp³-hybridized carbons (Fsp3) is 0.952. The third kappa shape index (κ3) is 2.06. The van der Waals surface area contributed by atoms with Gasteiger partial charge in [0.15, 0.2) is 0 Å². The van der Waals surface area contributed by atoms with Crippen LogP contribution in [0.15, 0.2) is 0 Å². The van der Waals surface area contributed by atoms with Crippen LogP contribution in [-0.2, 0) is 4.79 Å². The molecule has 8 atom stereocenters. The summed E-state index contributed by atoms with van der Waals surface area (Å²) in [5.74, 6) is 3.99. The predicted molar refractivity (Wildman–Crippen MR) is 91.9 cm³/mol. The number of aliphatic hydroxyl groups is 1. The molecule has 0 aromatic carbocycles. The minimum Gasteiger partial charge on any atom is -0.393 e. The van der Waals surface area contributed by atoms with E-state index in [0.29, 0.717) is 29.0 Å². The second-order valence-electron chi connectivity index (χ2n) is 9.66. The van der Waals surface area contributed by atoms with E-state index in [0.717, 1.165) is 43.9 Å². The van der Waals surface area contributed by atoms with Crippen LogP contribution < -0.4 is 0 Å². The summed E-state index contributed by atoms with van der Waals surface area (Å²) in [4.78, 5) is 12.5. The SMILES string of the molecule is CC[C@H]1[C@H](O)CC[C@]2(C)[C@H]3CC[C@]4(C)C(=O)CC[C@H]4[C@@H]3CC[C@@H]12. The molecule has 4 aliphatic rings. The van der Waals surface area contributed by atoms with E-state index in [4.69, 9.17) is 0 Å². The summed E-state index contributed by atoms with van der Waals surface area (Å²) in [6, 6.07) is 0. The summed E-state index contributed by atoms with van der Waals surface area (Å²) in [5, 5.41) is 10.5. The summed E-state index contributed by atoms with van der Waals surface area (Å²) < 4.78 is 0. The van der Waals surface area contributed by atoms with Gasteiger partial charge in [-0.1, -0.05) is 27.2 Å². The van der Waals surface area contributed by atoms with Crippen LogP contribution in [0.1, 0.15) is 78.6 Å². The summed E-state index contributed by atoms with van der Waals surface area (Å²) in [6.07, 6.45) is 10.2. The van der Waals surface area contributed by atoms with E-state index in [1.165, 1.54) is 25.7 Å². The van der Waals surface area contributed by atoms with Crippen LogP contribution in [-0.4, -0.2) is 17.0 Å². The molecule has 23 heavy (non-hydrogen) atoms. The van der Waals surface area contributed by atoms with Crippen molar-refractivity contribution in [3.8, 4) is 0 Å². The second kappa shape index (κ2) is 5.31. The zero-order valence-electron chi connectivity index (χ0n) is 15.2. The van der Waals surface area contributed by atoms with E-state index in [1.807, 2.05) is 0 Å². The number of hydrogen-bond acceptors (Lipinski definition) is 2. The van der Waals surface area contributed by atoms with E-state index < -0.39 is 0 Å². The molecule has 0 heterocycles. The van der Waals surface area contributed by atoms with Gasteiger partial charge in [0.2, 0.25) is 0 Å². The number of hydrogen-bond donors (Lipinski definition) is 1. The summed E-state index contributed by atoms with van der Waals surface area (Å²) in [7, 11) is 0. The summed E-state index contributed by atoms with van der Waals surface area (Å²) >= 11 is 0. The van der Waals surface area contributed by atoms with Gasteiger partial charge in [-0.05, 0) is 80.0 Å². The highest BCUT2D eigenvalue weighted by Crippen LogP contribution is 2.66. The lowest BCUT2D eigenvalue weighted by Gasteiger charge is -2.61. The van der Waals surface area contributed by atoms with E-state index in [9.17, 15) is 9.90 Å². The molecular formula is C21H34O2. The number of carbonyl (C=O) groups is 1. The van der Waals surface area contributed by atoms with Crippen LogP contribution in [0.5, 0.6) is 0 Å². The minimum absolute atomic E-state index is 0.00268. The molecule has 0 saturated heterocycles. The van der Waals surface area contributed by atoms with Crippen LogP contribution in [0.2, 0.25) is 0 Å². The van der Waals surface area contributed by atoms with Gasteiger partial charge in [-0.15, -0.1) is 0 Å². The Bertz CT molecular complexity index is 500. The quantitative estimate of drug-likeness (QED) is 0.767.